The molecule has 0 unspecified atom stereocenters. The Morgan fingerprint density at radius 2 is 2.32 bits per heavy atom. The van der Waals surface area contributed by atoms with E-state index in [1.54, 1.807) is 12.3 Å². The first kappa shape index (κ1) is 16.1. The van der Waals surface area contributed by atoms with Gasteiger partial charge in [-0.15, -0.1) is 0 Å². The van der Waals surface area contributed by atoms with E-state index in [2.05, 4.69) is 10.1 Å². The molecular formula is C18H21N3O4. The second kappa shape index (κ2) is 6.84. The number of carbonyl (C=O) groups is 1. The molecule has 1 spiro atoms. The quantitative estimate of drug-likeness (QED) is 0.846. The first-order valence-corrected chi connectivity index (χ1v) is 8.65. The highest BCUT2D eigenvalue weighted by Crippen LogP contribution is 2.41. The van der Waals surface area contributed by atoms with E-state index < -0.39 is 0 Å². The number of morpholine rings is 1. The van der Waals surface area contributed by atoms with Gasteiger partial charge in [-0.3, -0.25) is 4.79 Å². The standard InChI is InChI=1S/C18H21N3O4/c22-17(15-6-9-20-25-15)21-10-11-24-18(13-21)7-3-4-14(18)12-23-16-5-1-2-8-19-16/h1-2,5-6,8-9,14H,3-4,7,10-13H2/t14-,18+/m0/s1. The van der Waals surface area contributed by atoms with Gasteiger partial charge >= 0.3 is 0 Å². The highest BCUT2D eigenvalue weighted by atomic mass is 16.5. The van der Waals surface area contributed by atoms with Crippen LogP contribution in [0.3, 0.4) is 0 Å². The molecule has 2 atom stereocenters. The van der Waals surface area contributed by atoms with Gasteiger partial charge in [0.25, 0.3) is 5.91 Å². The molecule has 0 aromatic carbocycles. The molecule has 2 fully saturated rings. The minimum absolute atomic E-state index is 0.128. The van der Waals surface area contributed by atoms with Crippen LogP contribution in [0.2, 0.25) is 0 Å². The van der Waals surface area contributed by atoms with Gasteiger partial charge in [0.2, 0.25) is 11.6 Å². The Kier molecular flexibility index (Phi) is 4.40. The molecule has 0 bridgehead atoms. The van der Waals surface area contributed by atoms with Gasteiger partial charge in [0.15, 0.2) is 0 Å². The van der Waals surface area contributed by atoms with Gasteiger partial charge in [0, 0.05) is 30.8 Å². The molecule has 1 amide bonds. The van der Waals surface area contributed by atoms with Crippen LogP contribution in [0.1, 0.15) is 29.8 Å². The zero-order valence-corrected chi connectivity index (χ0v) is 14.0. The summed E-state index contributed by atoms with van der Waals surface area (Å²) >= 11 is 0. The molecule has 4 rings (SSSR count). The number of aromatic nitrogens is 2. The number of carbonyl (C=O) groups excluding carboxylic acids is 1. The number of ether oxygens (including phenoxy) is 2. The number of rotatable bonds is 4. The van der Waals surface area contributed by atoms with Crippen LogP contribution in [0.5, 0.6) is 5.88 Å². The van der Waals surface area contributed by atoms with Gasteiger partial charge in [0.1, 0.15) is 0 Å². The lowest BCUT2D eigenvalue weighted by molar-refractivity contribution is -0.127. The minimum Gasteiger partial charge on any atom is -0.477 e. The Balaban J connectivity index is 1.44. The molecule has 0 radical (unpaired) electrons. The van der Waals surface area contributed by atoms with Crippen molar-refractivity contribution in [3.63, 3.8) is 0 Å². The molecule has 2 aliphatic rings. The minimum atomic E-state index is -0.345. The fraction of sp³-hybridized carbons (Fsp3) is 0.500. The summed E-state index contributed by atoms with van der Waals surface area (Å²) in [6.45, 7) is 2.19. The predicted octanol–water partition coefficient (Wildman–Crippen LogP) is 2.16. The molecule has 3 heterocycles. The third kappa shape index (κ3) is 3.24. The van der Waals surface area contributed by atoms with E-state index in [1.807, 2.05) is 23.1 Å². The van der Waals surface area contributed by atoms with Gasteiger partial charge < -0.3 is 18.9 Å². The van der Waals surface area contributed by atoms with Crippen molar-refractivity contribution in [3.8, 4) is 5.88 Å². The van der Waals surface area contributed by atoms with Crippen LogP contribution in [0.4, 0.5) is 0 Å². The number of hydrogen-bond donors (Lipinski definition) is 0. The van der Waals surface area contributed by atoms with Crippen molar-refractivity contribution >= 4 is 5.91 Å². The highest BCUT2D eigenvalue weighted by molar-refractivity contribution is 5.91. The van der Waals surface area contributed by atoms with Crippen LogP contribution in [-0.4, -0.2) is 52.9 Å². The third-order valence-corrected chi connectivity index (χ3v) is 5.11. The number of amides is 1. The van der Waals surface area contributed by atoms with Gasteiger partial charge in [0.05, 0.1) is 31.6 Å². The van der Waals surface area contributed by atoms with Gasteiger partial charge in [-0.05, 0) is 25.3 Å². The average Bonchev–Trinajstić information content (AvgIpc) is 3.31. The second-order valence-electron chi connectivity index (χ2n) is 6.58. The Labute approximate surface area is 145 Å². The van der Waals surface area contributed by atoms with Crippen molar-refractivity contribution in [2.24, 2.45) is 5.92 Å². The summed E-state index contributed by atoms with van der Waals surface area (Å²) < 4.78 is 17.1. The molecule has 1 saturated carbocycles. The lowest BCUT2D eigenvalue weighted by Gasteiger charge is -2.43. The highest BCUT2D eigenvalue weighted by Gasteiger charge is 2.48. The monoisotopic (exact) mass is 343 g/mol. The third-order valence-electron chi connectivity index (χ3n) is 5.11. The molecule has 7 heteroatoms. The molecule has 2 aromatic rings. The molecule has 7 nitrogen and oxygen atoms in total. The van der Waals surface area contributed by atoms with E-state index in [0.717, 1.165) is 19.3 Å². The molecule has 1 aliphatic carbocycles. The van der Waals surface area contributed by atoms with E-state index >= 15 is 0 Å². The van der Waals surface area contributed by atoms with Crippen molar-refractivity contribution in [2.45, 2.75) is 24.9 Å². The number of hydrogen-bond acceptors (Lipinski definition) is 6. The zero-order chi connectivity index (χ0) is 17.1. The van der Waals surface area contributed by atoms with Crippen molar-refractivity contribution < 1.29 is 18.8 Å². The van der Waals surface area contributed by atoms with Crippen molar-refractivity contribution in [2.75, 3.05) is 26.3 Å². The lowest BCUT2D eigenvalue weighted by Crippen LogP contribution is -2.56. The van der Waals surface area contributed by atoms with E-state index in [1.165, 1.54) is 6.20 Å². The molecular weight excluding hydrogens is 322 g/mol. The van der Waals surface area contributed by atoms with Crippen LogP contribution < -0.4 is 4.74 Å². The predicted molar refractivity (Wildman–Crippen MR) is 88.2 cm³/mol. The number of nitrogens with zero attached hydrogens (tertiary/aromatic N) is 3. The summed E-state index contributed by atoms with van der Waals surface area (Å²) in [4.78, 5) is 18.6. The van der Waals surface area contributed by atoms with Gasteiger partial charge in [-0.1, -0.05) is 11.2 Å². The molecule has 0 N–H and O–H groups in total. The van der Waals surface area contributed by atoms with Crippen molar-refractivity contribution in [1.29, 1.82) is 0 Å². The normalized spacial score (nSPS) is 26.1. The van der Waals surface area contributed by atoms with E-state index in [4.69, 9.17) is 14.0 Å². The summed E-state index contributed by atoms with van der Waals surface area (Å²) in [5.41, 5.74) is -0.345. The van der Waals surface area contributed by atoms with Crippen LogP contribution in [0.15, 0.2) is 41.2 Å². The Morgan fingerprint density at radius 1 is 1.36 bits per heavy atom. The zero-order valence-electron chi connectivity index (χ0n) is 14.0. The Bertz CT molecular complexity index is 706. The maximum Gasteiger partial charge on any atom is 0.292 e. The van der Waals surface area contributed by atoms with E-state index in [-0.39, 0.29) is 23.2 Å². The van der Waals surface area contributed by atoms with Crippen LogP contribution in [0, 0.1) is 5.92 Å². The fourth-order valence-corrected chi connectivity index (χ4v) is 3.83. The Morgan fingerprint density at radius 3 is 3.12 bits per heavy atom. The summed E-state index contributed by atoms with van der Waals surface area (Å²) in [6.07, 6.45) is 6.23. The first-order chi connectivity index (χ1) is 12.3. The second-order valence-corrected chi connectivity index (χ2v) is 6.58. The molecule has 1 aliphatic heterocycles. The lowest BCUT2D eigenvalue weighted by atomic mass is 9.89. The summed E-state index contributed by atoms with van der Waals surface area (Å²) in [6, 6.07) is 7.21. The van der Waals surface area contributed by atoms with E-state index in [9.17, 15) is 4.79 Å². The molecule has 1 saturated heterocycles. The van der Waals surface area contributed by atoms with E-state index in [0.29, 0.717) is 32.2 Å². The summed E-state index contributed by atoms with van der Waals surface area (Å²) in [7, 11) is 0. The largest absolute Gasteiger partial charge is 0.477 e. The Hall–Kier alpha value is -2.41. The van der Waals surface area contributed by atoms with Crippen LogP contribution in [-0.2, 0) is 4.74 Å². The summed E-state index contributed by atoms with van der Waals surface area (Å²) in [5, 5.41) is 3.62. The van der Waals surface area contributed by atoms with Gasteiger partial charge in [-0.2, -0.15) is 0 Å². The topological polar surface area (TPSA) is 77.7 Å². The van der Waals surface area contributed by atoms with Crippen LogP contribution in [0.25, 0.3) is 0 Å². The molecule has 132 valence electrons. The van der Waals surface area contributed by atoms with Gasteiger partial charge in [-0.25, -0.2) is 4.98 Å². The van der Waals surface area contributed by atoms with Crippen molar-refractivity contribution in [1.82, 2.24) is 15.0 Å². The van der Waals surface area contributed by atoms with Crippen LogP contribution >= 0.6 is 0 Å². The average molecular weight is 343 g/mol. The maximum absolute atomic E-state index is 12.6. The van der Waals surface area contributed by atoms with Crippen molar-refractivity contribution in [3.05, 3.63) is 42.4 Å². The maximum atomic E-state index is 12.6. The fourth-order valence-electron chi connectivity index (χ4n) is 3.83. The molecule has 2 aromatic heterocycles. The smallest absolute Gasteiger partial charge is 0.292 e. The summed E-state index contributed by atoms with van der Waals surface area (Å²) in [5.74, 6) is 1.00. The SMILES string of the molecule is O=C(c1ccno1)N1CCO[C@]2(CCC[C@H]2COc2ccccn2)C1. The molecule has 25 heavy (non-hydrogen) atoms. The first-order valence-electron chi connectivity index (χ1n) is 8.65. The number of pyridine rings is 1.